The Morgan fingerprint density at radius 2 is 2.28 bits per heavy atom. The van der Waals surface area contributed by atoms with E-state index in [1.54, 1.807) is 11.3 Å². The molecule has 4 heteroatoms. The molecule has 1 N–H and O–H groups in total. The lowest BCUT2D eigenvalue weighted by atomic mass is 10.1. The minimum Gasteiger partial charge on any atom is -0.310 e. The number of benzene rings is 1. The molecular weight excluding hydrogens is 308 g/mol. The lowest BCUT2D eigenvalue weighted by Crippen LogP contribution is -2.21. The minimum absolute atomic E-state index is 0.371. The number of nitrogens with one attached hydrogen (secondary N) is 1. The van der Waals surface area contributed by atoms with Crippen molar-refractivity contribution in [1.29, 1.82) is 0 Å². The summed E-state index contributed by atoms with van der Waals surface area (Å²) in [5.41, 5.74) is 4.39. The number of rotatable bonds is 5. The Bertz CT molecular complexity index is 510. The second-order valence-corrected chi connectivity index (χ2v) is 6.20. The molecule has 18 heavy (non-hydrogen) atoms. The molecule has 0 unspecified atom stereocenters. The first-order chi connectivity index (χ1) is 8.66. The van der Waals surface area contributed by atoms with Crippen LogP contribution in [0, 0.1) is 6.92 Å². The van der Waals surface area contributed by atoms with E-state index in [1.165, 1.54) is 10.4 Å². The van der Waals surface area contributed by atoms with Gasteiger partial charge < -0.3 is 5.32 Å². The smallest absolute Gasteiger partial charge is 0.0797 e. The quantitative estimate of drug-likeness (QED) is 0.895. The summed E-state index contributed by atoms with van der Waals surface area (Å²) in [5.74, 6) is 0. The van der Waals surface area contributed by atoms with Crippen molar-refractivity contribution in [3.8, 4) is 0 Å². The maximum Gasteiger partial charge on any atom is 0.0797 e. The monoisotopic (exact) mass is 324 g/mol. The van der Waals surface area contributed by atoms with Crippen molar-refractivity contribution in [2.75, 3.05) is 6.54 Å². The van der Waals surface area contributed by atoms with Crippen LogP contribution in [0.3, 0.4) is 0 Å². The molecule has 2 rings (SSSR count). The lowest BCUT2D eigenvalue weighted by Gasteiger charge is -2.14. The molecule has 0 aliphatic carbocycles. The van der Waals surface area contributed by atoms with Crippen LogP contribution in [-0.4, -0.2) is 11.5 Å². The van der Waals surface area contributed by atoms with Gasteiger partial charge in [-0.25, -0.2) is 4.98 Å². The highest BCUT2D eigenvalue weighted by atomic mass is 79.9. The normalized spacial score (nSPS) is 12.6. The molecule has 0 aliphatic heterocycles. The van der Waals surface area contributed by atoms with Gasteiger partial charge in [0.1, 0.15) is 0 Å². The third-order valence-corrected chi connectivity index (χ3v) is 4.48. The van der Waals surface area contributed by atoms with Gasteiger partial charge in [-0.05, 0) is 38.0 Å². The highest BCUT2D eigenvalue weighted by Crippen LogP contribution is 2.18. The standard InChI is InChI=1S/C14H17BrN2S/c1-10(12-4-3-5-13(15)8-12)16-7-6-14-11(2)17-9-18-14/h3-5,8-10,16H,6-7H2,1-2H3/t10-/m0/s1. The maximum atomic E-state index is 4.27. The van der Waals surface area contributed by atoms with Gasteiger partial charge in [0.05, 0.1) is 11.2 Å². The van der Waals surface area contributed by atoms with Crippen molar-refractivity contribution in [3.05, 3.63) is 50.4 Å². The molecule has 0 radical (unpaired) electrons. The van der Waals surface area contributed by atoms with Crippen LogP contribution in [0.1, 0.15) is 29.1 Å². The number of thiazole rings is 1. The van der Waals surface area contributed by atoms with Crippen LogP contribution in [0.2, 0.25) is 0 Å². The summed E-state index contributed by atoms with van der Waals surface area (Å²) in [4.78, 5) is 5.65. The van der Waals surface area contributed by atoms with Crippen LogP contribution >= 0.6 is 27.3 Å². The van der Waals surface area contributed by atoms with E-state index in [9.17, 15) is 0 Å². The second kappa shape index (κ2) is 6.45. The van der Waals surface area contributed by atoms with Gasteiger partial charge in [0.25, 0.3) is 0 Å². The van der Waals surface area contributed by atoms with Gasteiger partial charge in [-0.3, -0.25) is 0 Å². The van der Waals surface area contributed by atoms with Crippen molar-refractivity contribution in [1.82, 2.24) is 10.3 Å². The first-order valence-electron chi connectivity index (χ1n) is 6.04. The molecule has 1 atom stereocenters. The Morgan fingerprint density at radius 1 is 1.44 bits per heavy atom. The second-order valence-electron chi connectivity index (χ2n) is 4.34. The van der Waals surface area contributed by atoms with E-state index in [4.69, 9.17) is 0 Å². The Labute approximate surface area is 121 Å². The first kappa shape index (κ1) is 13.7. The van der Waals surface area contributed by atoms with Crippen LogP contribution in [-0.2, 0) is 6.42 Å². The molecule has 96 valence electrons. The first-order valence-corrected chi connectivity index (χ1v) is 7.72. The third-order valence-electron chi connectivity index (χ3n) is 3.00. The zero-order valence-electron chi connectivity index (χ0n) is 10.6. The van der Waals surface area contributed by atoms with E-state index >= 15 is 0 Å². The van der Waals surface area contributed by atoms with Crippen molar-refractivity contribution < 1.29 is 0 Å². The van der Waals surface area contributed by atoms with E-state index < -0.39 is 0 Å². The lowest BCUT2D eigenvalue weighted by molar-refractivity contribution is 0.577. The van der Waals surface area contributed by atoms with Crippen LogP contribution in [0.4, 0.5) is 0 Å². The summed E-state index contributed by atoms with van der Waals surface area (Å²) in [5, 5.41) is 3.55. The minimum atomic E-state index is 0.371. The molecule has 1 aromatic heterocycles. The molecule has 0 saturated heterocycles. The van der Waals surface area contributed by atoms with Crippen LogP contribution in [0.25, 0.3) is 0 Å². The fraction of sp³-hybridized carbons (Fsp3) is 0.357. The maximum absolute atomic E-state index is 4.27. The molecule has 0 spiro atoms. The molecule has 1 heterocycles. The van der Waals surface area contributed by atoms with E-state index in [0.29, 0.717) is 6.04 Å². The number of nitrogens with zero attached hydrogens (tertiary/aromatic N) is 1. The molecule has 2 aromatic rings. The predicted molar refractivity (Wildman–Crippen MR) is 81.1 cm³/mol. The number of hydrogen-bond donors (Lipinski definition) is 1. The van der Waals surface area contributed by atoms with Crippen LogP contribution in [0.15, 0.2) is 34.2 Å². The Hall–Kier alpha value is -0.710. The van der Waals surface area contributed by atoms with Crippen LogP contribution in [0.5, 0.6) is 0 Å². The fourth-order valence-electron chi connectivity index (χ4n) is 1.86. The molecular formula is C14H17BrN2S. The summed E-state index contributed by atoms with van der Waals surface area (Å²) in [6, 6.07) is 8.81. The zero-order valence-corrected chi connectivity index (χ0v) is 13.0. The highest BCUT2D eigenvalue weighted by molar-refractivity contribution is 9.10. The van der Waals surface area contributed by atoms with Crippen molar-refractivity contribution in [2.24, 2.45) is 0 Å². The molecule has 0 fully saturated rings. The average Bonchev–Trinajstić information content (AvgIpc) is 2.75. The number of aromatic nitrogens is 1. The molecule has 0 amide bonds. The average molecular weight is 325 g/mol. The summed E-state index contributed by atoms with van der Waals surface area (Å²) in [7, 11) is 0. The van der Waals surface area contributed by atoms with E-state index in [1.807, 2.05) is 5.51 Å². The van der Waals surface area contributed by atoms with Gasteiger partial charge in [0.2, 0.25) is 0 Å². The molecule has 2 nitrogen and oxygen atoms in total. The van der Waals surface area contributed by atoms with Gasteiger partial charge in [-0.1, -0.05) is 28.1 Å². The SMILES string of the molecule is Cc1ncsc1CCN[C@@H](C)c1cccc(Br)c1. The topological polar surface area (TPSA) is 24.9 Å². The number of hydrogen-bond acceptors (Lipinski definition) is 3. The van der Waals surface area contributed by atoms with Crippen LogP contribution < -0.4 is 5.32 Å². The predicted octanol–water partition coefficient (Wildman–Crippen LogP) is 4.11. The largest absolute Gasteiger partial charge is 0.310 e. The fourth-order valence-corrected chi connectivity index (χ4v) is 3.06. The van der Waals surface area contributed by atoms with Crippen molar-refractivity contribution in [3.63, 3.8) is 0 Å². The molecule has 0 aliphatic rings. The van der Waals surface area contributed by atoms with Crippen molar-refractivity contribution >= 4 is 27.3 Å². The third kappa shape index (κ3) is 3.64. The Morgan fingerprint density at radius 3 is 2.94 bits per heavy atom. The zero-order chi connectivity index (χ0) is 13.0. The summed E-state index contributed by atoms with van der Waals surface area (Å²) < 4.78 is 1.13. The van der Waals surface area contributed by atoms with Crippen molar-refractivity contribution in [2.45, 2.75) is 26.3 Å². The van der Waals surface area contributed by atoms with E-state index in [2.05, 4.69) is 64.3 Å². The summed E-state index contributed by atoms with van der Waals surface area (Å²) >= 11 is 5.25. The highest BCUT2D eigenvalue weighted by Gasteiger charge is 2.06. The Balaban J connectivity index is 1.85. The van der Waals surface area contributed by atoms with E-state index in [0.717, 1.165) is 23.1 Å². The van der Waals surface area contributed by atoms with Gasteiger partial charge in [0.15, 0.2) is 0 Å². The molecule has 0 saturated carbocycles. The van der Waals surface area contributed by atoms with Gasteiger partial charge in [0, 0.05) is 21.9 Å². The molecule has 0 bridgehead atoms. The summed E-state index contributed by atoms with van der Waals surface area (Å²) in [6.07, 6.45) is 1.05. The van der Waals surface area contributed by atoms with E-state index in [-0.39, 0.29) is 0 Å². The van der Waals surface area contributed by atoms with Gasteiger partial charge >= 0.3 is 0 Å². The number of halogens is 1. The van der Waals surface area contributed by atoms with Gasteiger partial charge in [-0.15, -0.1) is 11.3 Å². The summed E-state index contributed by atoms with van der Waals surface area (Å²) in [6.45, 7) is 5.25. The Kier molecular flexibility index (Phi) is 4.92. The molecule has 1 aromatic carbocycles. The number of aryl methyl sites for hydroxylation is 1. The van der Waals surface area contributed by atoms with Gasteiger partial charge in [-0.2, -0.15) is 0 Å².